The summed E-state index contributed by atoms with van der Waals surface area (Å²) in [4.78, 5) is 0. The van der Waals surface area contributed by atoms with Crippen LogP contribution in [0.5, 0.6) is 0 Å². The molecule has 15 heavy (non-hydrogen) atoms. The number of aliphatic hydroxyl groups is 1. The van der Waals surface area contributed by atoms with Gasteiger partial charge >= 0.3 is 0 Å². The lowest BCUT2D eigenvalue weighted by atomic mass is 9.59. The fourth-order valence-electron chi connectivity index (χ4n) is 2.81. The molecule has 1 aliphatic carbocycles. The molecule has 2 heteroatoms. The quantitative estimate of drug-likeness (QED) is 0.792. The molecule has 1 aliphatic rings. The third-order valence-corrected chi connectivity index (χ3v) is 3.74. The molecule has 0 radical (unpaired) electrons. The minimum absolute atomic E-state index is 0.139. The molecule has 1 aromatic rings. The average molecular weight is 208 g/mol. The van der Waals surface area contributed by atoms with Crippen molar-refractivity contribution in [2.75, 3.05) is 0 Å². The first-order valence-corrected chi connectivity index (χ1v) is 5.59. The second-order valence-electron chi connectivity index (χ2n) is 4.47. The molecule has 0 spiro atoms. The lowest BCUT2D eigenvalue weighted by molar-refractivity contribution is -0.0593. The standard InChI is InChI=1S/C13H17FO/c1-3-9-12(8(2)13(9)15)10-6-4-5-7-11(10)14/h4-9,12-13,15H,3H2,1-2H3. The zero-order chi connectivity index (χ0) is 11.0. The highest BCUT2D eigenvalue weighted by molar-refractivity contribution is 5.27. The monoisotopic (exact) mass is 208 g/mol. The van der Waals surface area contributed by atoms with Gasteiger partial charge in [0.1, 0.15) is 5.82 Å². The van der Waals surface area contributed by atoms with Gasteiger partial charge in [0.2, 0.25) is 0 Å². The Hall–Kier alpha value is -0.890. The van der Waals surface area contributed by atoms with Crippen molar-refractivity contribution >= 4 is 0 Å². The van der Waals surface area contributed by atoms with E-state index in [9.17, 15) is 9.50 Å². The molecule has 0 heterocycles. The fraction of sp³-hybridized carbons (Fsp3) is 0.538. The minimum atomic E-state index is -0.264. The number of rotatable bonds is 2. The van der Waals surface area contributed by atoms with Crippen LogP contribution in [0.2, 0.25) is 0 Å². The van der Waals surface area contributed by atoms with E-state index in [2.05, 4.69) is 0 Å². The Kier molecular flexibility index (Phi) is 2.79. The Labute approximate surface area is 89.9 Å². The van der Waals surface area contributed by atoms with Gasteiger partial charge in [-0.1, -0.05) is 38.5 Å². The van der Waals surface area contributed by atoms with Crippen LogP contribution in [-0.4, -0.2) is 11.2 Å². The highest BCUT2D eigenvalue weighted by atomic mass is 19.1. The van der Waals surface area contributed by atoms with Crippen molar-refractivity contribution in [2.45, 2.75) is 32.3 Å². The Morgan fingerprint density at radius 3 is 2.60 bits per heavy atom. The van der Waals surface area contributed by atoms with Gasteiger partial charge in [-0.05, 0) is 29.4 Å². The molecular weight excluding hydrogens is 191 g/mol. The Balaban J connectivity index is 2.28. The van der Waals surface area contributed by atoms with E-state index in [-0.39, 0.29) is 29.7 Å². The number of hydrogen-bond acceptors (Lipinski definition) is 1. The molecule has 82 valence electrons. The van der Waals surface area contributed by atoms with E-state index in [4.69, 9.17) is 0 Å². The summed E-state index contributed by atoms with van der Waals surface area (Å²) in [5.41, 5.74) is 0.766. The Morgan fingerprint density at radius 2 is 2.00 bits per heavy atom. The molecule has 0 aliphatic heterocycles. The van der Waals surface area contributed by atoms with Crippen molar-refractivity contribution < 1.29 is 9.50 Å². The number of hydrogen-bond donors (Lipinski definition) is 1. The SMILES string of the molecule is CCC1C(O)C(C)C1c1ccccc1F. The number of benzene rings is 1. The predicted octanol–water partition coefficient (Wildman–Crippen LogP) is 2.95. The molecule has 4 atom stereocenters. The van der Waals surface area contributed by atoms with Crippen molar-refractivity contribution in [3.8, 4) is 0 Å². The largest absolute Gasteiger partial charge is 0.393 e. The first-order chi connectivity index (χ1) is 7.16. The van der Waals surface area contributed by atoms with Crippen molar-refractivity contribution in [3.05, 3.63) is 35.6 Å². The maximum Gasteiger partial charge on any atom is 0.126 e. The van der Waals surface area contributed by atoms with Crippen molar-refractivity contribution in [1.29, 1.82) is 0 Å². The Bertz CT molecular complexity index is 350. The molecule has 1 N–H and O–H groups in total. The lowest BCUT2D eigenvalue weighted by Gasteiger charge is -2.48. The normalized spacial score (nSPS) is 34.9. The van der Waals surface area contributed by atoms with E-state index in [1.165, 1.54) is 6.07 Å². The topological polar surface area (TPSA) is 20.2 Å². The van der Waals surface area contributed by atoms with Crippen LogP contribution in [0.25, 0.3) is 0 Å². The maximum absolute atomic E-state index is 13.6. The average Bonchev–Trinajstić information content (AvgIpc) is 2.26. The van der Waals surface area contributed by atoms with Gasteiger partial charge in [-0.2, -0.15) is 0 Å². The van der Waals surface area contributed by atoms with Gasteiger partial charge < -0.3 is 5.11 Å². The van der Waals surface area contributed by atoms with Crippen LogP contribution < -0.4 is 0 Å². The van der Waals surface area contributed by atoms with Crippen molar-refractivity contribution in [3.63, 3.8) is 0 Å². The summed E-state index contributed by atoms with van der Waals surface area (Å²) in [6.45, 7) is 4.04. The molecule has 0 amide bonds. The minimum Gasteiger partial charge on any atom is -0.393 e. The Morgan fingerprint density at radius 1 is 1.33 bits per heavy atom. The lowest BCUT2D eigenvalue weighted by Crippen LogP contribution is -2.47. The summed E-state index contributed by atoms with van der Waals surface area (Å²) in [5, 5.41) is 9.78. The van der Waals surface area contributed by atoms with Crippen LogP contribution >= 0.6 is 0 Å². The third-order valence-electron chi connectivity index (χ3n) is 3.74. The maximum atomic E-state index is 13.6. The second-order valence-corrected chi connectivity index (χ2v) is 4.47. The van der Waals surface area contributed by atoms with Crippen LogP contribution in [0.3, 0.4) is 0 Å². The number of halogens is 1. The zero-order valence-electron chi connectivity index (χ0n) is 9.15. The number of aliphatic hydroxyl groups excluding tert-OH is 1. The molecule has 0 saturated heterocycles. The van der Waals surface area contributed by atoms with Crippen LogP contribution in [0.15, 0.2) is 24.3 Å². The molecular formula is C13H17FO. The second kappa shape index (κ2) is 3.93. The van der Waals surface area contributed by atoms with E-state index in [0.717, 1.165) is 12.0 Å². The first-order valence-electron chi connectivity index (χ1n) is 5.59. The molecule has 1 aromatic carbocycles. The summed E-state index contributed by atoms with van der Waals surface area (Å²) >= 11 is 0. The van der Waals surface area contributed by atoms with Gasteiger partial charge in [0.05, 0.1) is 6.10 Å². The highest BCUT2D eigenvalue weighted by Crippen LogP contribution is 2.49. The highest BCUT2D eigenvalue weighted by Gasteiger charge is 2.47. The molecule has 1 saturated carbocycles. The molecule has 1 nitrogen and oxygen atoms in total. The zero-order valence-corrected chi connectivity index (χ0v) is 9.15. The molecule has 0 bridgehead atoms. The van der Waals surface area contributed by atoms with E-state index in [0.29, 0.717) is 0 Å². The van der Waals surface area contributed by atoms with Crippen molar-refractivity contribution in [1.82, 2.24) is 0 Å². The third kappa shape index (κ3) is 1.57. The molecule has 4 unspecified atom stereocenters. The summed E-state index contributed by atoms with van der Waals surface area (Å²) in [6, 6.07) is 6.91. The summed E-state index contributed by atoms with van der Waals surface area (Å²) in [7, 11) is 0. The van der Waals surface area contributed by atoms with Crippen LogP contribution in [0.1, 0.15) is 31.7 Å². The molecule has 2 rings (SSSR count). The summed E-state index contributed by atoms with van der Waals surface area (Å²) in [5.74, 6) is 0.439. The predicted molar refractivity (Wildman–Crippen MR) is 58.1 cm³/mol. The van der Waals surface area contributed by atoms with Gasteiger partial charge in [0.15, 0.2) is 0 Å². The summed E-state index contributed by atoms with van der Waals surface area (Å²) in [6.07, 6.45) is 0.643. The smallest absolute Gasteiger partial charge is 0.126 e. The van der Waals surface area contributed by atoms with E-state index >= 15 is 0 Å². The van der Waals surface area contributed by atoms with E-state index < -0.39 is 0 Å². The van der Waals surface area contributed by atoms with Crippen LogP contribution in [0, 0.1) is 17.7 Å². The molecule has 0 aromatic heterocycles. The fourth-order valence-corrected chi connectivity index (χ4v) is 2.81. The van der Waals surface area contributed by atoms with Gasteiger partial charge in [0, 0.05) is 0 Å². The summed E-state index contributed by atoms with van der Waals surface area (Å²) < 4.78 is 13.6. The van der Waals surface area contributed by atoms with Gasteiger partial charge in [-0.3, -0.25) is 0 Å². The van der Waals surface area contributed by atoms with Gasteiger partial charge in [-0.25, -0.2) is 4.39 Å². The van der Waals surface area contributed by atoms with Crippen LogP contribution in [-0.2, 0) is 0 Å². The van der Waals surface area contributed by atoms with Crippen LogP contribution in [0.4, 0.5) is 4.39 Å². The van der Waals surface area contributed by atoms with E-state index in [1.54, 1.807) is 6.07 Å². The van der Waals surface area contributed by atoms with Gasteiger partial charge in [0.25, 0.3) is 0 Å². The first kappa shape index (κ1) is 10.6. The molecule has 1 fully saturated rings. The van der Waals surface area contributed by atoms with Gasteiger partial charge in [-0.15, -0.1) is 0 Å². The van der Waals surface area contributed by atoms with E-state index in [1.807, 2.05) is 26.0 Å². The van der Waals surface area contributed by atoms with Crippen molar-refractivity contribution in [2.24, 2.45) is 11.8 Å².